The molecule has 20 heavy (non-hydrogen) atoms. The van der Waals surface area contributed by atoms with Gasteiger partial charge in [-0.15, -0.1) is 5.10 Å². The Hall–Kier alpha value is -2.69. The second-order valence-electron chi connectivity index (χ2n) is 4.84. The molecule has 2 aromatic carbocycles. The maximum absolute atomic E-state index is 5.98. The van der Waals surface area contributed by atoms with Gasteiger partial charge < -0.3 is 4.74 Å². The fourth-order valence-corrected chi connectivity index (χ4v) is 2.48. The van der Waals surface area contributed by atoms with Gasteiger partial charge in [-0.05, 0) is 33.7 Å². The molecule has 0 spiro atoms. The first kappa shape index (κ1) is 11.2. The van der Waals surface area contributed by atoms with Crippen molar-refractivity contribution >= 4 is 0 Å². The first-order valence-corrected chi connectivity index (χ1v) is 6.43. The molecular formula is C15H12N4O. The molecule has 1 aliphatic heterocycles. The minimum atomic E-state index is 0.732. The van der Waals surface area contributed by atoms with Crippen molar-refractivity contribution in [2.24, 2.45) is 7.05 Å². The van der Waals surface area contributed by atoms with Crippen LogP contribution in [0.15, 0.2) is 42.5 Å². The molecule has 0 radical (unpaired) electrons. The third-order valence-corrected chi connectivity index (χ3v) is 3.52. The molecule has 0 N–H and O–H groups in total. The number of para-hydroxylation sites is 1. The Labute approximate surface area is 115 Å². The summed E-state index contributed by atoms with van der Waals surface area (Å²) in [5.74, 6) is 2.53. The van der Waals surface area contributed by atoms with Crippen molar-refractivity contribution in [1.82, 2.24) is 20.2 Å². The van der Waals surface area contributed by atoms with Crippen LogP contribution in [0.2, 0.25) is 0 Å². The summed E-state index contributed by atoms with van der Waals surface area (Å²) in [5.41, 5.74) is 3.35. The number of aromatic nitrogens is 4. The molecular weight excluding hydrogens is 252 g/mol. The van der Waals surface area contributed by atoms with Crippen molar-refractivity contribution in [3.63, 3.8) is 0 Å². The molecule has 0 saturated heterocycles. The molecule has 0 amide bonds. The molecule has 5 heteroatoms. The van der Waals surface area contributed by atoms with Crippen molar-refractivity contribution in [3.8, 4) is 22.9 Å². The lowest BCUT2D eigenvalue weighted by Gasteiger charge is -2.20. The topological polar surface area (TPSA) is 52.8 Å². The highest BCUT2D eigenvalue weighted by atomic mass is 16.5. The van der Waals surface area contributed by atoms with Crippen LogP contribution in [0.5, 0.6) is 11.5 Å². The van der Waals surface area contributed by atoms with Crippen molar-refractivity contribution in [2.45, 2.75) is 6.42 Å². The molecule has 0 atom stereocenters. The lowest BCUT2D eigenvalue weighted by Crippen LogP contribution is -2.03. The fraction of sp³-hybridized carbons (Fsp3) is 0.133. The van der Waals surface area contributed by atoms with E-state index < -0.39 is 0 Å². The smallest absolute Gasteiger partial charge is 0.181 e. The first-order chi connectivity index (χ1) is 9.81. The molecule has 0 unspecified atom stereocenters. The normalized spacial score (nSPS) is 12.4. The maximum atomic E-state index is 5.98. The van der Waals surface area contributed by atoms with Gasteiger partial charge in [0, 0.05) is 19.0 Å². The Morgan fingerprint density at radius 3 is 2.75 bits per heavy atom. The quantitative estimate of drug-likeness (QED) is 0.530. The lowest BCUT2D eigenvalue weighted by molar-refractivity contribution is 0.460. The molecule has 0 bridgehead atoms. The predicted molar refractivity (Wildman–Crippen MR) is 73.6 cm³/mol. The lowest BCUT2D eigenvalue weighted by atomic mass is 9.99. The highest BCUT2D eigenvalue weighted by Crippen LogP contribution is 2.37. The second kappa shape index (κ2) is 4.16. The van der Waals surface area contributed by atoms with E-state index in [9.17, 15) is 0 Å². The molecule has 98 valence electrons. The van der Waals surface area contributed by atoms with Crippen molar-refractivity contribution < 1.29 is 4.74 Å². The summed E-state index contributed by atoms with van der Waals surface area (Å²) >= 11 is 0. The van der Waals surface area contributed by atoms with E-state index >= 15 is 0 Å². The van der Waals surface area contributed by atoms with Crippen LogP contribution in [-0.2, 0) is 13.5 Å². The zero-order valence-electron chi connectivity index (χ0n) is 10.9. The van der Waals surface area contributed by atoms with E-state index in [4.69, 9.17) is 4.74 Å². The van der Waals surface area contributed by atoms with Crippen LogP contribution in [-0.4, -0.2) is 20.2 Å². The number of tetrazole rings is 1. The maximum Gasteiger partial charge on any atom is 0.181 e. The van der Waals surface area contributed by atoms with E-state index in [1.54, 1.807) is 4.68 Å². The zero-order chi connectivity index (χ0) is 13.5. The van der Waals surface area contributed by atoms with Gasteiger partial charge in [0.1, 0.15) is 11.5 Å². The highest BCUT2D eigenvalue weighted by Gasteiger charge is 2.18. The van der Waals surface area contributed by atoms with E-state index in [1.807, 2.05) is 37.4 Å². The molecule has 0 saturated carbocycles. The summed E-state index contributed by atoms with van der Waals surface area (Å²) in [5, 5.41) is 11.5. The minimum Gasteiger partial charge on any atom is -0.457 e. The van der Waals surface area contributed by atoms with Gasteiger partial charge in [-0.25, -0.2) is 4.68 Å². The van der Waals surface area contributed by atoms with Gasteiger partial charge >= 0.3 is 0 Å². The molecule has 0 fully saturated rings. The van der Waals surface area contributed by atoms with Crippen molar-refractivity contribution in [1.29, 1.82) is 0 Å². The average Bonchev–Trinajstić information content (AvgIpc) is 2.90. The highest BCUT2D eigenvalue weighted by molar-refractivity contribution is 5.61. The third kappa shape index (κ3) is 1.67. The van der Waals surface area contributed by atoms with Gasteiger partial charge in [0.2, 0.25) is 0 Å². The van der Waals surface area contributed by atoms with Crippen LogP contribution < -0.4 is 4.74 Å². The Kier molecular flexibility index (Phi) is 2.32. The number of fused-ring (bicyclic) bond motifs is 2. The number of nitrogens with zero attached hydrogens (tertiary/aromatic N) is 4. The van der Waals surface area contributed by atoms with Gasteiger partial charge in [-0.3, -0.25) is 0 Å². The molecule has 1 aliphatic rings. The van der Waals surface area contributed by atoms with Crippen LogP contribution in [0.4, 0.5) is 0 Å². The molecule has 1 aromatic heterocycles. The largest absolute Gasteiger partial charge is 0.457 e. The third-order valence-electron chi connectivity index (χ3n) is 3.52. The van der Waals surface area contributed by atoms with Gasteiger partial charge in [-0.1, -0.05) is 30.3 Å². The second-order valence-corrected chi connectivity index (χ2v) is 4.84. The Bertz CT molecular complexity index is 794. The number of ether oxygens (including phenoxy) is 1. The van der Waals surface area contributed by atoms with Gasteiger partial charge in [0.05, 0.1) is 0 Å². The van der Waals surface area contributed by atoms with E-state index in [-0.39, 0.29) is 0 Å². The molecule has 5 nitrogen and oxygen atoms in total. The van der Waals surface area contributed by atoms with Crippen LogP contribution in [0.25, 0.3) is 11.4 Å². The zero-order valence-corrected chi connectivity index (χ0v) is 10.9. The van der Waals surface area contributed by atoms with Crippen LogP contribution in [0.3, 0.4) is 0 Å². The number of benzene rings is 2. The molecule has 2 heterocycles. The van der Waals surface area contributed by atoms with Crippen LogP contribution in [0.1, 0.15) is 11.1 Å². The summed E-state index contributed by atoms with van der Waals surface area (Å²) in [6.07, 6.45) is 0.892. The van der Waals surface area contributed by atoms with Gasteiger partial charge in [0.25, 0.3) is 0 Å². The fourth-order valence-electron chi connectivity index (χ4n) is 2.48. The minimum absolute atomic E-state index is 0.732. The standard InChI is InChI=1S/C15H12N4O/c1-19-15(16-17-18-19)12-7-6-11-8-10-4-2-3-5-13(10)20-14(11)9-12/h2-7,9H,8H2,1H3. The number of hydrogen-bond donors (Lipinski definition) is 0. The van der Waals surface area contributed by atoms with Crippen molar-refractivity contribution in [3.05, 3.63) is 53.6 Å². The summed E-state index contributed by atoms with van der Waals surface area (Å²) in [6, 6.07) is 14.2. The Balaban J connectivity index is 1.79. The van der Waals surface area contributed by atoms with E-state index in [1.165, 1.54) is 11.1 Å². The number of aryl methyl sites for hydroxylation is 1. The molecule has 4 rings (SSSR count). The molecule has 0 aliphatic carbocycles. The van der Waals surface area contributed by atoms with E-state index in [2.05, 4.69) is 27.7 Å². The molecule has 3 aromatic rings. The van der Waals surface area contributed by atoms with Crippen LogP contribution >= 0.6 is 0 Å². The van der Waals surface area contributed by atoms with Gasteiger partial charge in [-0.2, -0.15) is 0 Å². The monoisotopic (exact) mass is 264 g/mol. The summed E-state index contributed by atoms with van der Waals surface area (Å²) < 4.78 is 7.63. The average molecular weight is 264 g/mol. The predicted octanol–water partition coefficient (Wildman–Crippen LogP) is 2.57. The SMILES string of the molecule is Cn1nnnc1-c1ccc2c(c1)Oc1ccccc1C2. The number of rotatable bonds is 1. The number of hydrogen-bond acceptors (Lipinski definition) is 4. The van der Waals surface area contributed by atoms with Gasteiger partial charge in [0.15, 0.2) is 5.82 Å². The van der Waals surface area contributed by atoms with Crippen LogP contribution in [0, 0.1) is 0 Å². The van der Waals surface area contributed by atoms with E-state index in [0.717, 1.165) is 29.3 Å². The Morgan fingerprint density at radius 1 is 1.05 bits per heavy atom. The van der Waals surface area contributed by atoms with E-state index in [0.29, 0.717) is 0 Å². The first-order valence-electron chi connectivity index (χ1n) is 6.43. The Morgan fingerprint density at radius 2 is 1.90 bits per heavy atom. The van der Waals surface area contributed by atoms with Crippen molar-refractivity contribution in [2.75, 3.05) is 0 Å². The summed E-state index contributed by atoms with van der Waals surface area (Å²) in [7, 11) is 1.82. The summed E-state index contributed by atoms with van der Waals surface area (Å²) in [4.78, 5) is 0. The summed E-state index contributed by atoms with van der Waals surface area (Å²) in [6.45, 7) is 0.